The van der Waals surface area contributed by atoms with E-state index in [-0.39, 0.29) is 11.9 Å². The van der Waals surface area contributed by atoms with Gasteiger partial charge >= 0.3 is 0 Å². The number of nitrogens with zero attached hydrogens (tertiary/aromatic N) is 6. The Balaban J connectivity index is 1.44. The first kappa shape index (κ1) is 21.4. The zero-order valence-corrected chi connectivity index (χ0v) is 20.2. The minimum atomic E-state index is 0.127. The van der Waals surface area contributed by atoms with Crippen molar-refractivity contribution in [1.29, 1.82) is 0 Å². The zero-order valence-electron chi connectivity index (χ0n) is 20.2. The van der Waals surface area contributed by atoms with E-state index >= 15 is 0 Å². The molecule has 3 aliphatic heterocycles. The molecule has 0 aliphatic carbocycles. The highest BCUT2D eigenvalue weighted by Crippen LogP contribution is 2.43. The van der Waals surface area contributed by atoms with Gasteiger partial charge in [0.2, 0.25) is 5.91 Å². The lowest BCUT2D eigenvalue weighted by molar-refractivity contribution is -0.129. The van der Waals surface area contributed by atoms with E-state index in [4.69, 9.17) is 9.84 Å². The quantitative estimate of drug-likeness (QED) is 0.595. The van der Waals surface area contributed by atoms with E-state index < -0.39 is 0 Å². The number of aryl methyl sites for hydroxylation is 1. The topological polar surface area (TPSA) is 68.4 Å². The molecule has 1 aromatic carbocycles. The van der Waals surface area contributed by atoms with Gasteiger partial charge in [-0.1, -0.05) is 13.0 Å². The molecule has 3 aromatic rings. The lowest BCUT2D eigenvalue weighted by Gasteiger charge is -2.35. The SMILES string of the molecule is CC(=O)N1CCc2c(c(N3CC[C@@H](C)c4cc(-c5cnn(C)c5)ccc43)nn2[C@H]2CCOC2)C1. The first-order chi connectivity index (χ1) is 16.5. The summed E-state index contributed by atoms with van der Waals surface area (Å²) < 4.78 is 9.76. The summed E-state index contributed by atoms with van der Waals surface area (Å²) in [4.78, 5) is 16.6. The van der Waals surface area contributed by atoms with Gasteiger partial charge in [0.05, 0.1) is 25.4 Å². The number of carbonyl (C=O) groups is 1. The maximum atomic E-state index is 12.2. The summed E-state index contributed by atoms with van der Waals surface area (Å²) in [5, 5.41) is 9.56. The Morgan fingerprint density at radius 2 is 2.06 bits per heavy atom. The summed E-state index contributed by atoms with van der Waals surface area (Å²) in [5.74, 6) is 1.61. The molecule has 1 saturated heterocycles. The minimum absolute atomic E-state index is 0.127. The highest BCUT2D eigenvalue weighted by molar-refractivity contribution is 5.76. The fourth-order valence-corrected chi connectivity index (χ4v) is 5.69. The molecule has 8 heteroatoms. The van der Waals surface area contributed by atoms with E-state index in [1.807, 2.05) is 22.8 Å². The van der Waals surface area contributed by atoms with Crippen molar-refractivity contribution >= 4 is 17.4 Å². The van der Waals surface area contributed by atoms with Gasteiger partial charge in [0.15, 0.2) is 5.82 Å². The molecule has 5 heterocycles. The van der Waals surface area contributed by atoms with Crippen LogP contribution >= 0.6 is 0 Å². The van der Waals surface area contributed by atoms with Crippen molar-refractivity contribution in [3.8, 4) is 11.1 Å². The number of benzene rings is 1. The van der Waals surface area contributed by atoms with Crippen molar-refractivity contribution in [2.45, 2.75) is 51.6 Å². The number of anilines is 2. The van der Waals surface area contributed by atoms with Crippen LogP contribution in [0.3, 0.4) is 0 Å². The molecule has 3 aliphatic rings. The number of rotatable bonds is 3. The van der Waals surface area contributed by atoms with Crippen LogP contribution in [-0.4, -0.2) is 56.7 Å². The predicted octanol–water partition coefficient (Wildman–Crippen LogP) is 3.79. The molecule has 0 radical (unpaired) electrons. The molecule has 178 valence electrons. The lowest BCUT2D eigenvalue weighted by Crippen LogP contribution is -2.36. The number of hydrogen-bond acceptors (Lipinski definition) is 5. The van der Waals surface area contributed by atoms with Gasteiger partial charge in [-0.05, 0) is 42.0 Å². The van der Waals surface area contributed by atoms with Gasteiger partial charge in [-0.25, -0.2) is 0 Å². The van der Waals surface area contributed by atoms with Gasteiger partial charge < -0.3 is 14.5 Å². The number of amides is 1. The van der Waals surface area contributed by atoms with E-state index in [9.17, 15) is 4.79 Å². The monoisotopic (exact) mass is 460 g/mol. The molecule has 2 aromatic heterocycles. The van der Waals surface area contributed by atoms with E-state index in [0.29, 0.717) is 19.1 Å². The molecule has 34 heavy (non-hydrogen) atoms. The number of aromatic nitrogens is 4. The number of ether oxygens (including phenoxy) is 1. The van der Waals surface area contributed by atoms with Crippen molar-refractivity contribution in [2.24, 2.45) is 7.05 Å². The fourth-order valence-electron chi connectivity index (χ4n) is 5.69. The van der Waals surface area contributed by atoms with Crippen LogP contribution in [0.5, 0.6) is 0 Å². The highest BCUT2D eigenvalue weighted by atomic mass is 16.5. The molecule has 1 fully saturated rings. The minimum Gasteiger partial charge on any atom is -0.379 e. The second-order valence-electron chi connectivity index (χ2n) is 9.92. The van der Waals surface area contributed by atoms with E-state index in [0.717, 1.165) is 50.3 Å². The molecule has 8 nitrogen and oxygen atoms in total. The van der Waals surface area contributed by atoms with Crippen molar-refractivity contribution in [3.05, 3.63) is 47.4 Å². The number of hydrogen-bond donors (Lipinski definition) is 0. The van der Waals surface area contributed by atoms with Crippen LogP contribution in [0.15, 0.2) is 30.6 Å². The largest absolute Gasteiger partial charge is 0.379 e. The zero-order chi connectivity index (χ0) is 23.4. The Morgan fingerprint density at radius 1 is 1.18 bits per heavy atom. The normalized spacial score (nSPS) is 22.1. The predicted molar refractivity (Wildman–Crippen MR) is 130 cm³/mol. The van der Waals surface area contributed by atoms with E-state index in [1.54, 1.807) is 6.92 Å². The highest BCUT2D eigenvalue weighted by Gasteiger charge is 2.34. The van der Waals surface area contributed by atoms with Gasteiger partial charge in [0.25, 0.3) is 0 Å². The third-order valence-electron chi connectivity index (χ3n) is 7.69. The summed E-state index contributed by atoms with van der Waals surface area (Å²) in [7, 11) is 1.95. The van der Waals surface area contributed by atoms with Gasteiger partial charge in [-0.15, -0.1) is 0 Å². The van der Waals surface area contributed by atoms with E-state index in [1.165, 1.54) is 28.1 Å². The van der Waals surface area contributed by atoms with Gasteiger partial charge in [-0.2, -0.15) is 10.2 Å². The summed E-state index contributed by atoms with van der Waals surface area (Å²) in [6.45, 7) is 7.78. The Morgan fingerprint density at radius 3 is 2.79 bits per heavy atom. The molecule has 0 bridgehead atoms. The summed E-state index contributed by atoms with van der Waals surface area (Å²) in [6, 6.07) is 7.03. The van der Waals surface area contributed by atoms with Crippen LogP contribution in [0.2, 0.25) is 0 Å². The number of fused-ring (bicyclic) bond motifs is 2. The van der Waals surface area contributed by atoms with Crippen LogP contribution in [0.25, 0.3) is 11.1 Å². The molecule has 0 N–H and O–H groups in total. The van der Waals surface area contributed by atoms with Crippen LogP contribution in [0.4, 0.5) is 11.5 Å². The van der Waals surface area contributed by atoms with Crippen LogP contribution in [-0.2, 0) is 29.5 Å². The first-order valence-electron chi connectivity index (χ1n) is 12.3. The Kier molecular flexibility index (Phi) is 5.21. The Hall–Kier alpha value is -3.13. The fraction of sp³-hybridized carbons (Fsp3) is 0.500. The maximum absolute atomic E-state index is 12.2. The molecule has 0 spiro atoms. The van der Waals surface area contributed by atoms with Gasteiger partial charge in [-0.3, -0.25) is 14.2 Å². The Labute approximate surface area is 200 Å². The number of carbonyl (C=O) groups excluding carboxylic acids is 1. The summed E-state index contributed by atoms with van der Waals surface area (Å²) in [6.07, 6.45) is 6.88. The van der Waals surface area contributed by atoms with Crippen molar-refractivity contribution in [3.63, 3.8) is 0 Å². The molecular weight excluding hydrogens is 428 g/mol. The average molecular weight is 461 g/mol. The average Bonchev–Trinajstić information content (AvgIpc) is 3.59. The van der Waals surface area contributed by atoms with Gasteiger partial charge in [0, 0.05) is 68.8 Å². The molecular formula is C26H32N6O2. The molecule has 2 atom stereocenters. The summed E-state index contributed by atoms with van der Waals surface area (Å²) >= 11 is 0. The molecule has 0 saturated carbocycles. The molecule has 1 amide bonds. The maximum Gasteiger partial charge on any atom is 0.219 e. The van der Waals surface area contributed by atoms with Crippen LogP contribution < -0.4 is 4.90 Å². The molecule has 0 unspecified atom stereocenters. The van der Waals surface area contributed by atoms with Crippen molar-refractivity contribution in [1.82, 2.24) is 24.5 Å². The van der Waals surface area contributed by atoms with Crippen molar-refractivity contribution < 1.29 is 9.53 Å². The smallest absolute Gasteiger partial charge is 0.219 e. The van der Waals surface area contributed by atoms with E-state index in [2.05, 4.69) is 46.0 Å². The second kappa shape index (κ2) is 8.27. The Bertz CT molecular complexity index is 1240. The third-order valence-corrected chi connectivity index (χ3v) is 7.69. The first-order valence-corrected chi connectivity index (χ1v) is 12.3. The second-order valence-corrected chi connectivity index (χ2v) is 9.92. The summed E-state index contributed by atoms with van der Waals surface area (Å²) in [5.41, 5.74) is 7.37. The third kappa shape index (κ3) is 3.52. The van der Waals surface area contributed by atoms with Crippen LogP contribution in [0, 0.1) is 0 Å². The lowest BCUT2D eigenvalue weighted by atomic mass is 9.89. The van der Waals surface area contributed by atoms with Gasteiger partial charge in [0.1, 0.15) is 0 Å². The van der Waals surface area contributed by atoms with Crippen LogP contribution in [0.1, 0.15) is 55.5 Å². The molecule has 6 rings (SSSR count). The standard InChI is InChI=1S/C26H32N6O2/c1-17-6-10-31(24-5-4-19(12-22(17)24)20-13-27-29(3)14-20)26-23-15-30(18(2)33)9-7-25(23)32(28-26)21-8-11-34-16-21/h4-5,12-14,17,21H,6-11,15-16H2,1-3H3/t17-,21+/m1/s1. The van der Waals surface area contributed by atoms with Crippen molar-refractivity contribution in [2.75, 3.05) is 31.2 Å².